The molecule has 6 heteroatoms. The zero-order chi connectivity index (χ0) is 15.9. The fourth-order valence-corrected chi connectivity index (χ4v) is 3.36. The molecular formula is C16H20N4O2. The van der Waals surface area contributed by atoms with Crippen LogP contribution in [-0.2, 0) is 16.1 Å². The van der Waals surface area contributed by atoms with Gasteiger partial charge in [0.2, 0.25) is 5.91 Å². The second-order valence-electron chi connectivity index (χ2n) is 6.54. The third-order valence-electron chi connectivity index (χ3n) is 4.88. The summed E-state index contributed by atoms with van der Waals surface area (Å²) in [7, 11) is 0. The molecule has 0 bridgehead atoms. The van der Waals surface area contributed by atoms with Gasteiger partial charge < -0.3 is 5.32 Å². The van der Waals surface area contributed by atoms with Crippen LogP contribution in [0, 0.1) is 17.3 Å². The van der Waals surface area contributed by atoms with Gasteiger partial charge in [0.05, 0.1) is 6.54 Å². The maximum atomic E-state index is 12.4. The monoisotopic (exact) mass is 300 g/mol. The van der Waals surface area contributed by atoms with E-state index in [1.165, 1.54) is 0 Å². The molecule has 0 radical (unpaired) electrons. The van der Waals surface area contributed by atoms with E-state index in [-0.39, 0.29) is 28.9 Å². The summed E-state index contributed by atoms with van der Waals surface area (Å²) in [6, 6.07) is 5.66. The van der Waals surface area contributed by atoms with Crippen LogP contribution in [0.15, 0.2) is 24.4 Å². The van der Waals surface area contributed by atoms with Crippen LogP contribution in [0.5, 0.6) is 0 Å². The van der Waals surface area contributed by atoms with Crippen LogP contribution in [0.4, 0.5) is 0 Å². The van der Waals surface area contributed by atoms with E-state index in [9.17, 15) is 9.59 Å². The van der Waals surface area contributed by atoms with E-state index in [1.807, 2.05) is 42.6 Å². The molecule has 2 aromatic rings. The highest BCUT2D eigenvalue weighted by Crippen LogP contribution is 2.51. The number of fused-ring (bicyclic) bond motifs is 1. The molecule has 0 saturated heterocycles. The minimum atomic E-state index is -0.275. The Balaban J connectivity index is 1.65. The maximum absolute atomic E-state index is 12.4. The number of nitrogens with zero attached hydrogens (tertiary/aromatic N) is 3. The first-order chi connectivity index (χ1) is 10.4. The van der Waals surface area contributed by atoms with Gasteiger partial charge in [0.25, 0.3) is 0 Å². The van der Waals surface area contributed by atoms with Crippen molar-refractivity contribution in [3.05, 3.63) is 30.2 Å². The number of hydrogen-bond donors (Lipinski definition) is 1. The maximum Gasteiger partial charge on any atom is 0.224 e. The molecule has 0 unspecified atom stereocenters. The van der Waals surface area contributed by atoms with Gasteiger partial charge in [-0.05, 0) is 30.9 Å². The van der Waals surface area contributed by atoms with Gasteiger partial charge in [0.15, 0.2) is 11.5 Å². The standard InChI is InChI=1S/C16H20N4O2/c1-10(21)11-8-12(16(11,2)3)15(22)17-9-14-19-18-13-6-4-5-7-20(13)14/h4-7,11-12H,8-9H2,1-3H3,(H,17,22)/t11-,12+/m0/s1. The fraction of sp³-hybridized carbons (Fsp3) is 0.500. The van der Waals surface area contributed by atoms with Crippen molar-refractivity contribution in [2.45, 2.75) is 33.7 Å². The molecule has 1 aliphatic rings. The quantitative estimate of drug-likeness (QED) is 0.930. The third-order valence-corrected chi connectivity index (χ3v) is 4.88. The molecular weight excluding hydrogens is 280 g/mol. The van der Waals surface area contributed by atoms with Crippen molar-refractivity contribution in [2.24, 2.45) is 17.3 Å². The zero-order valence-electron chi connectivity index (χ0n) is 13.0. The number of rotatable bonds is 4. The smallest absolute Gasteiger partial charge is 0.224 e. The van der Waals surface area contributed by atoms with Crippen LogP contribution in [-0.4, -0.2) is 26.3 Å². The number of amides is 1. The van der Waals surface area contributed by atoms with Gasteiger partial charge >= 0.3 is 0 Å². The highest BCUT2D eigenvalue weighted by Gasteiger charge is 2.53. The van der Waals surface area contributed by atoms with Gasteiger partial charge in [-0.25, -0.2) is 0 Å². The Hall–Kier alpha value is -2.24. The van der Waals surface area contributed by atoms with Crippen LogP contribution in [0.1, 0.15) is 33.0 Å². The van der Waals surface area contributed by atoms with Crippen molar-refractivity contribution in [2.75, 3.05) is 0 Å². The molecule has 3 rings (SSSR count). The second-order valence-corrected chi connectivity index (χ2v) is 6.54. The number of nitrogens with one attached hydrogen (secondary N) is 1. The molecule has 1 N–H and O–H groups in total. The minimum absolute atomic E-state index is 0.0165. The molecule has 6 nitrogen and oxygen atoms in total. The summed E-state index contributed by atoms with van der Waals surface area (Å²) in [5.41, 5.74) is 0.482. The molecule has 0 aliphatic heterocycles. The van der Waals surface area contributed by atoms with Crippen molar-refractivity contribution in [1.29, 1.82) is 0 Å². The van der Waals surface area contributed by atoms with E-state index >= 15 is 0 Å². The summed E-state index contributed by atoms with van der Waals surface area (Å²) >= 11 is 0. The highest BCUT2D eigenvalue weighted by atomic mass is 16.2. The number of carbonyl (C=O) groups excluding carboxylic acids is 2. The Morgan fingerprint density at radius 2 is 2.09 bits per heavy atom. The van der Waals surface area contributed by atoms with E-state index in [2.05, 4.69) is 15.5 Å². The number of aromatic nitrogens is 3. The Labute approximate surface area is 128 Å². The lowest BCUT2D eigenvalue weighted by Gasteiger charge is -2.49. The fourth-order valence-electron chi connectivity index (χ4n) is 3.36. The molecule has 1 amide bonds. The lowest BCUT2D eigenvalue weighted by atomic mass is 9.53. The molecule has 22 heavy (non-hydrogen) atoms. The normalized spacial score (nSPS) is 23.0. The van der Waals surface area contributed by atoms with Crippen LogP contribution in [0.25, 0.3) is 5.65 Å². The predicted molar refractivity (Wildman–Crippen MR) is 80.9 cm³/mol. The summed E-state index contributed by atoms with van der Waals surface area (Å²) < 4.78 is 1.85. The first-order valence-corrected chi connectivity index (χ1v) is 7.48. The summed E-state index contributed by atoms with van der Waals surface area (Å²) in [4.78, 5) is 23.9. The SMILES string of the molecule is CC(=O)[C@@H]1C[C@H](C(=O)NCc2nnc3ccccn23)C1(C)C. The van der Waals surface area contributed by atoms with Crippen molar-refractivity contribution in [3.8, 4) is 0 Å². The second kappa shape index (κ2) is 5.19. The van der Waals surface area contributed by atoms with E-state index in [4.69, 9.17) is 0 Å². The van der Waals surface area contributed by atoms with Gasteiger partial charge in [0, 0.05) is 18.0 Å². The molecule has 2 heterocycles. The molecule has 116 valence electrons. The van der Waals surface area contributed by atoms with Gasteiger partial charge in [-0.3, -0.25) is 14.0 Å². The first kappa shape index (κ1) is 14.7. The Morgan fingerprint density at radius 3 is 2.77 bits per heavy atom. The van der Waals surface area contributed by atoms with Crippen LogP contribution < -0.4 is 5.32 Å². The van der Waals surface area contributed by atoms with Gasteiger partial charge in [-0.1, -0.05) is 19.9 Å². The number of ketones is 1. The predicted octanol–water partition coefficient (Wildman–Crippen LogP) is 1.60. The number of hydrogen-bond acceptors (Lipinski definition) is 4. The molecule has 1 fully saturated rings. The minimum Gasteiger partial charge on any atom is -0.349 e. The Kier molecular flexibility index (Phi) is 3.47. The molecule has 2 atom stereocenters. The lowest BCUT2D eigenvalue weighted by Crippen LogP contribution is -2.54. The highest BCUT2D eigenvalue weighted by molar-refractivity contribution is 5.87. The van der Waals surface area contributed by atoms with E-state index in [0.29, 0.717) is 18.8 Å². The van der Waals surface area contributed by atoms with E-state index in [1.54, 1.807) is 6.92 Å². The van der Waals surface area contributed by atoms with Gasteiger partial charge in [0.1, 0.15) is 5.78 Å². The molecule has 1 saturated carbocycles. The van der Waals surface area contributed by atoms with E-state index in [0.717, 1.165) is 5.65 Å². The van der Waals surface area contributed by atoms with Crippen molar-refractivity contribution in [3.63, 3.8) is 0 Å². The first-order valence-electron chi connectivity index (χ1n) is 7.48. The molecule has 0 aromatic carbocycles. The summed E-state index contributed by atoms with van der Waals surface area (Å²) in [6.45, 7) is 5.91. The summed E-state index contributed by atoms with van der Waals surface area (Å²) in [6.07, 6.45) is 2.50. The van der Waals surface area contributed by atoms with Gasteiger partial charge in [-0.15, -0.1) is 10.2 Å². The lowest BCUT2D eigenvalue weighted by molar-refractivity contribution is -0.148. The van der Waals surface area contributed by atoms with Gasteiger partial charge in [-0.2, -0.15) is 0 Å². The van der Waals surface area contributed by atoms with E-state index < -0.39 is 0 Å². The molecule has 0 spiro atoms. The average molecular weight is 300 g/mol. The number of Topliss-reactive ketones (excluding diaryl/α,β-unsaturated/α-hetero) is 1. The largest absolute Gasteiger partial charge is 0.349 e. The summed E-state index contributed by atoms with van der Waals surface area (Å²) in [5.74, 6) is 0.703. The Bertz CT molecular complexity index is 735. The average Bonchev–Trinajstić information content (AvgIpc) is 2.87. The van der Waals surface area contributed by atoms with Crippen LogP contribution in [0.2, 0.25) is 0 Å². The van der Waals surface area contributed by atoms with Crippen molar-refractivity contribution in [1.82, 2.24) is 19.9 Å². The van der Waals surface area contributed by atoms with Crippen LogP contribution >= 0.6 is 0 Å². The third kappa shape index (κ3) is 2.28. The summed E-state index contributed by atoms with van der Waals surface area (Å²) in [5, 5.41) is 11.1. The number of carbonyl (C=O) groups is 2. The van der Waals surface area contributed by atoms with Crippen molar-refractivity contribution < 1.29 is 9.59 Å². The van der Waals surface area contributed by atoms with Crippen molar-refractivity contribution >= 4 is 17.3 Å². The number of pyridine rings is 1. The topological polar surface area (TPSA) is 76.4 Å². The Morgan fingerprint density at radius 1 is 1.32 bits per heavy atom. The van der Waals surface area contributed by atoms with Crippen LogP contribution in [0.3, 0.4) is 0 Å². The molecule has 1 aliphatic carbocycles. The zero-order valence-corrected chi connectivity index (χ0v) is 13.0. The molecule has 2 aromatic heterocycles.